The monoisotopic (exact) mass is 284 g/mol. The number of halogens is 1. The first kappa shape index (κ1) is 14.0. The molecule has 0 aromatic carbocycles. The van der Waals surface area contributed by atoms with Gasteiger partial charge in [0.25, 0.3) is 0 Å². The van der Waals surface area contributed by atoms with Crippen LogP contribution in [0.3, 0.4) is 0 Å². The lowest BCUT2D eigenvalue weighted by Crippen LogP contribution is -2.34. The second-order valence-electron chi connectivity index (χ2n) is 4.91. The van der Waals surface area contributed by atoms with Crippen LogP contribution in [0.1, 0.15) is 37.8 Å². The van der Waals surface area contributed by atoms with Crippen LogP contribution in [0.25, 0.3) is 0 Å². The maximum absolute atomic E-state index is 11.2. The molecular weight excluding hydrogens is 268 g/mol. The number of nitro groups is 1. The molecule has 6 nitrogen and oxygen atoms in total. The highest BCUT2D eigenvalue weighted by molar-refractivity contribution is 6.28. The molecule has 1 fully saturated rings. The Hall–Kier alpha value is -1.43. The van der Waals surface area contributed by atoms with Crippen molar-refractivity contribution in [2.45, 2.75) is 45.1 Å². The lowest BCUT2D eigenvalue weighted by atomic mass is 9.94. The number of aromatic nitrogens is 2. The fourth-order valence-electron chi connectivity index (χ4n) is 2.62. The largest absolute Gasteiger partial charge is 0.351 e. The predicted molar refractivity (Wildman–Crippen MR) is 73.7 cm³/mol. The number of nitrogens with zero attached hydrogens (tertiary/aromatic N) is 4. The molecular formula is C12H17ClN4O2. The van der Waals surface area contributed by atoms with E-state index >= 15 is 0 Å². The maximum atomic E-state index is 11.2. The smallest absolute Gasteiger partial charge is 0.332 e. The average molecular weight is 285 g/mol. The minimum Gasteiger partial charge on any atom is -0.351 e. The third-order valence-corrected chi connectivity index (χ3v) is 3.82. The standard InChI is InChI=1S/C12H17ClN4O2/c1-8-10(17(18)19)11(15-12(13)14-8)16(2)9-6-4-3-5-7-9/h9H,3-7H2,1-2H3. The van der Waals surface area contributed by atoms with E-state index < -0.39 is 4.92 Å². The van der Waals surface area contributed by atoms with E-state index in [1.165, 1.54) is 6.42 Å². The fourth-order valence-corrected chi connectivity index (χ4v) is 2.83. The Balaban J connectivity index is 2.39. The molecule has 0 radical (unpaired) electrons. The summed E-state index contributed by atoms with van der Waals surface area (Å²) in [6.07, 6.45) is 5.61. The Kier molecular flexibility index (Phi) is 4.19. The van der Waals surface area contributed by atoms with E-state index in [0.717, 1.165) is 25.7 Å². The van der Waals surface area contributed by atoms with Crippen molar-refractivity contribution in [1.29, 1.82) is 0 Å². The van der Waals surface area contributed by atoms with Crippen LogP contribution in [0, 0.1) is 17.0 Å². The molecule has 7 heteroatoms. The van der Waals surface area contributed by atoms with Crippen molar-refractivity contribution in [3.63, 3.8) is 0 Å². The number of aryl methyl sites for hydroxylation is 1. The van der Waals surface area contributed by atoms with Gasteiger partial charge in [-0.1, -0.05) is 19.3 Å². The first-order chi connectivity index (χ1) is 9.00. The zero-order chi connectivity index (χ0) is 14.0. The second-order valence-corrected chi connectivity index (χ2v) is 5.25. The van der Waals surface area contributed by atoms with Gasteiger partial charge in [0, 0.05) is 13.1 Å². The summed E-state index contributed by atoms with van der Waals surface area (Å²) < 4.78 is 0. The normalized spacial score (nSPS) is 16.4. The molecule has 1 saturated carbocycles. The molecule has 1 aliphatic rings. The molecule has 1 aliphatic carbocycles. The minimum absolute atomic E-state index is 0.0440. The van der Waals surface area contributed by atoms with E-state index in [9.17, 15) is 10.1 Å². The highest BCUT2D eigenvalue weighted by atomic mass is 35.5. The fraction of sp³-hybridized carbons (Fsp3) is 0.667. The van der Waals surface area contributed by atoms with E-state index in [-0.39, 0.29) is 17.0 Å². The Morgan fingerprint density at radius 3 is 2.53 bits per heavy atom. The van der Waals surface area contributed by atoms with Crippen molar-refractivity contribution in [1.82, 2.24) is 9.97 Å². The zero-order valence-electron chi connectivity index (χ0n) is 11.1. The SMILES string of the molecule is Cc1nc(Cl)nc(N(C)C2CCCCC2)c1[N+](=O)[O-]. The first-order valence-corrected chi connectivity index (χ1v) is 6.80. The van der Waals surface area contributed by atoms with Gasteiger partial charge in [-0.15, -0.1) is 0 Å². The van der Waals surface area contributed by atoms with Crippen LogP contribution in [0.2, 0.25) is 5.28 Å². The molecule has 19 heavy (non-hydrogen) atoms. The van der Waals surface area contributed by atoms with Gasteiger partial charge >= 0.3 is 5.69 Å². The summed E-state index contributed by atoms with van der Waals surface area (Å²) in [4.78, 5) is 20.6. The van der Waals surface area contributed by atoms with E-state index in [1.54, 1.807) is 6.92 Å². The first-order valence-electron chi connectivity index (χ1n) is 6.42. The molecule has 1 aromatic rings. The summed E-state index contributed by atoms with van der Waals surface area (Å²) in [5.74, 6) is 0.328. The zero-order valence-corrected chi connectivity index (χ0v) is 11.9. The molecule has 0 atom stereocenters. The number of rotatable bonds is 3. The van der Waals surface area contributed by atoms with E-state index in [2.05, 4.69) is 9.97 Å². The highest BCUT2D eigenvalue weighted by Crippen LogP contribution is 2.33. The van der Waals surface area contributed by atoms with Gasteiger partial charge in [0.05, 0.1) is 4.92 Å². The van der Waals surface area contributed by atoms with Crippen LogP contribution in [0.4, 0.5) is 11.5 Å². The van der Waals surface area contributed by atoms with Crippen molar-refractivity contribution < 1.29 is 4.92 Å². The third kappa shape index (κ3) is 2.94. The molecule has 0 saturated heterocycles. The summed E-state index contributed by atoms with van der Waals surface area (Å²) in [5.41, 5.74) is 0.264. The Morgan fingerprint density at radius 2 is 1.95 bits per heavy atom. The van der Waals surface area contributed by atoms with Crippen LogP contribution < -0.4 is 4.90 Å². The molecule has 0 unspecified atom stereocenters. The molecule has 1 heterocycles. The summed E-state index contributed by atoms with van der Waals surface area (Å²) in [5, 5.41) is 11.3. The van der Waals surface area contributed by atoms with Crippen LogP contribution in [0.15, 0.2) is 0 Å². The van der Waals surface area contributed by atoms with Crippen molar-refractivity contribution in [3.05, 3.63) is 21.1 Å². The number of hydrogen-bond donors (Lipinski definition) is 0. The molecule has 0 spiro atoms. The molecule has 0 bridgehead atoms. The van der Waals surface area contributed by atoms with Crippen LogP contribution in [-0.2, 0) is 0 Å². The molecule has 1 aromatic heterocycles. The molecule has 104 valence electrons. The van der Waals surface area contributed by atoms with E-state index in [1.807, 2.05) is 11.9 Å². The van der Waals surface area contributed by atoms with Gasteiger partial charge in [0.1, 0.15) is 5.69 Å². The predicted octanol–water partition coefficient (Wildman–Crippen LogP) is 3.12. The minimum atomic E-state index is -0.430. The summed E-state index contributed by atoms with van der Waals surface area (Å²) in [6.45, 7) is 1.59. The summed E-state index contributed by atoms with van der Waals surface area (Å²) >= 11 is 5.84. The van der Waals surface area contributed by atoms with Gasteiger partial charge in [-0.2, -0.15) is 4.98 Å². The molecule has 2 rings (SSSR count). The highest BCUT2D eigenvalue weighted by Gasteiger charge is 2.28. The van der Waals surface area contributed by atoms with Gasteiger partial charge < -0.3 is 4.90 Å². The second kappa shape index (κ2) is 5.69. The summed E-state index contributed by atoms with van der Waals surface area (Å²) in [7, 11) is 1.85. The van der Waals surface area contributed by atoms with E-state index in [4.69, 9.17) is 11.6 Å². The number of hydrogen-bond acceptors (Lipinski definition) is 5. The van der Waals surface area contributed by atoms with Gasteiger partial charge in [0.2, 0.25) is 11.1 Å². The maximum Gasteiger partial charge on any atom is 0.332 e. The van der Waals surface area contributed by atoms with Crippen molar-refractivity contribution in [2.75, 3.05) is 11.9 Å². The Labute approximate surface area is 117 Å². The van der Waals surface area contributed by atoms with E-state index in [0.29, 0.717) is 11.5 Å². The van der Waals surface area contributed by atoms with Gasteiger partial charge in [-0.25, -0.2) is 4.98 Å². The molecule has 0 amide bonds. The number of anilines is 1. The molecule has 0 N–H and O–H groups in total. The van der Waals surface area contributed by atoms with Crippen molar-refractivity contribution in [2.24, 2.45) is 0 Å². The van der Waals surface area contributed by atoms with Crippen molar-refractivity contribution in [3.8, 4) is 0 Å². The topological polar surface area (TPSA) is 72.2 Å². The lowest BCUT2D eigenvalue weighted by molar-refractivity contribution is -0.385. The van der Waals surface area contributed by atoms with Crippen molar-refractivity contribution >= 4 is 23.1 Å². The third-order valence-electron chi connectivity index (χ3n) is 3.65. The summed E-state index contributed by atoms with van der Waals surface area (Å²) in [6, 6.07) is 0.290. The van der Waals surface area contributed by atoms with Gasteiger partial charge in [-0.3, -0.25) is 10.1 Å². The molecule has 0 aliphatic heterocycles. The van der Waals surface area contributed by atoms with Gasteiger partial charge in [-0.05, 0) is 31.4 Å². The van der Waals surface area contributed by atoms with Gasteiger partial charge in [0.15, 0.2) is 0 Å². The Bertz CT molecular complexity index is 489. The average Bonchev–Trinajstić information content (AvgIpc) is 2.37. The Morgan fingerprint density at radius 1 is 1.32 bits per heavy atom. The van der Waals surface area contributed by atoms with Crippen LogP contribution in [-0.4, -0.2) is 28.0 Å². The van der Waals surface area contributed by atoms with Crippen LogP contribution in [0.5, 0.6) is 0 Å². The quantitative estimate of drug-likeness (QED) is 0.484. The lowest BCUT2D eigenvalue weighted by Gasteiger charge is -2.31. The van der Waals surface area contributed by atoms with Crippen LogP contribution >= 0.6 is 11.6 Å².